The minimum Gasteiger partial charge on any atom is -0.465 e. The molecule has 0 spiro atoms. The average molecular weight is 252 g/mol. The van der Waals surface area contributed by atoms with Gasteiger partial charge in [-0.15, -0.1) is 0 Å². The van der Waals surface area contributed by atoms with Gasteiger partial charge >= 0.3 is 5.97 Å². The molecular formula is C11H10ClN3O2. The van der Waals surface area contributed by atoms with Crippen LogP contribution in [-0.2, 0) is 4.74 Å². The first-order chi connectivity index (χ1) is 8.11. The molecular weight excluding hydrogens is 242 g/mol. The molecule has 0 atom stereocenters. The Morgan fingerprint density at radius 1 is 1.53 bits per heavy atom. The SMILES string of the molecule is COC(=O)c1ccnc(-n2cc(Cl)c(C)n2)c1. The van der Waals surface area contributed by atoms with E-state index in [4.69, 9.17) is 11.6 Å². The lowest BCUT2D eigenvalue weighted by molar-refractivity contribution is 0.0600. The third-order valence-corrected chi connectivity index (χ3v) is 2.61. The molecule has 5 nitrogen and oxygen atoms in total. The van der Waals surface area contributed by atoms with Crippen molar-refractivity contribution in [2.24, 2.45) is 0 Å². The lowest BCUT2D eigenvalue weighted by Crippen LogP contribution is -2.05. The molecule has 6 heteroatoms. The predicted molar refractivity (Wildman–Crippen MR) is 62.4 cm³/mol. The van der Waals surface area contributed by atoms with Crippen LogP contribution in [0.5, 0.6) is 0 Å². The van der Waals surface area contributed by atoms with Crippen LogP contribution in [0.3, 0.4) is 0 Å². The van der Waals surface area contributed by atoms with Crippen LogP contribution in [0.25, 0.3) is 5.82 Å². The van der Waals surface area contributed by atoms with Crippen LogP contribution < -0.4 is 0 Å². The number of hydrogen-bond acceptors (Lipinski definition) is 4. The Balaban J connectivity index is 2.42. The van der Waals surface area contributed by atoms with Gasteiger partial charge in [-0.2, -0.15) is 5.10 Å². The third kappa shape index (κ3) is 2.29. The predicted octanol–water partition coefficient (Wildman–Crippen LogP) is 2.02. The maximum atomic E-state index is 11.4. The van der Waals surface area contributed by atoms with Crippen molar-refractivity contribution in [1.29, 1.82) is 0 Å². The van der Waals surface area contributed by atoms with Crippen molar-refractivity contribution in [3.8, 4) is 5.82 Å². The van der Waals surface area contributed by atoms with E-state index in [1.54, 1.807) is 25.3 Å². The molecule has 0 N–H and O–H groups in total. The van der Waals surface area contributed by atoms with Gasteiger partial charge in [-0.25, -0.2) is 14.5 Å². The van der Waals surface area contributed by atoms with E-state index in [0.29, 0.717) is 22.1 Å². The van der Waals surface area contributed by atoms with E-state index in [0.717, 1.165) is 0 Å². The summed E-state index contributed by atoms with van der Waals surface area (Å²) in [5.41, 5.74) is 1.12. The minimum absolute atomic E-state index is 0.413. The maximum absolute atomic E-state index is 11.4. The number of esters is 1. The zero-order chi connectivity index (χ0) is 12.4. The summed E-state index contributed by atoms with van der Waals surface area (Å²) < 4.78 is 6.15. The van der Waals surface area contributed by atoms with E-state index in [9.17, 15) is 4.79 Å². The van der Waals surface area contributed by atoms with Crippen LogP contribution in [0.15, 0.2) is 24.5 Å². The molecule has 2 aromatic heterocycles. The van der Waals surface area contributed by atoms with Gasteiger partial charge in [-0.1, -0.05) is 11.6 Å². The zero-order valence-corrected chi connectivity index (χ0v) is 10.1. The summed E-state index contributed by atoms with van der Waals surface area (Å²) in [5.74, 6) is 0.103. The Kier molecular flexibility index (Phi) is 3.10. The molecule has 0 radical (unpaired) electrons. The van der Waals surface area contributed by atoms with Crippen molar-refractivity contribution in [3.63, 3.8) is 0 Å². The first-order valence-corrected chi connectivity index (χ1v) is 5.26. The van der Waals surface area contributed by atoms with E-state index >= 15 is 0 Å². The standard InChI is InChI=1S/C11H10ClN3O2/c1-7-9(12)6-15(14-7)10-5-8(3-4-13-10)11(16)17-2/h3-6H,1-2H3. The van der Waals surface area contributed by atoms with Crippen molar-refractivity contribution < 1.29 is 9.53 Å². The Hall–Kier alpha value is -1.88. The Morgan fingerprint density at radius 2 is 2.29 bits per heavy atom. The first kappa shape index (κ1) is 11.6. The fourth-order valence-corrected chi connectivity index (χ4v) is 1.48. The molecule has 2 rings (SSSR count). The average Bonchev–Trinajstić information content (AvgIpc) is 2.69. The van der Waals surface area contributed by atoms with Gasteiger partial charge in [0.15, 0.2) is 5.82 Å². The zero-order valence-electron chi connectivity index (χ0n) is 9.35. The second-order valence-corrected chi connectivity index (χ2v) is 3.81. The summed E-state index contributed by atoms with van der Waals surface area (Å²) in [4.78, 5) is 15.5. The summed E-state index contributed by atoms with van der Waals surface area (Å²) in [5, 5.41) is 4.73. The summed E-state index contributed by atoms with van der Waals surface area (Å²) in [6.07, 6.45) is 3.16. The van der Waals surface area contributed by atoms with Crippen LogP contribution in [0.2, 0.25) is 5.02 Å². The summed E-state index contributed by atoms with van der Waals surface area (Å²) in [7, 11) is 1.33. The highest BCUT2D eigenvalue weighted by molar-refractivity contribution is 6.31. The van der Waals surface area contributed by atoms with Crippen LogP contribution >= 0.6 is 11.6 Å². The molecule has 2 heterocycles. The number of pyridine rings is 1. The van der Waals surface area contributed by atoms with Crippen LogP contribution in [0, 0.1) is 6.92 Å². The van der Waals surface area contributed by atoms with E-state index in [1.807, 2.05) is 0 Å². The Morgan fingerprint density at radius 3 is 2.88 bits per heavy atom. The number of methoxy groups -OCH3 is 1. The van der Waals surface area contributed by atoms with E-state index in [-0.39, 0.29) is 0 Å². The summed E-state index contributed by atoms with van der Waals surface area (Å²) in [6.45, 7) is 1.79. The van der Waals surface area contributed by atoms with Gasteiger partial charge < -0.3 is 4.74 Å². The van der Waals surface area contributed by atoms with E-state index in [1.165, 1.54) is 18.0 Å². The second kappa shape index (κ2) is 4.55. The number of ether oxygens (including phenoxy) is 1. The maximum Gasteiger partial charge on any atom is 0.338 e. The number of aromatic nitrogens is 3. The number of rotatable bonds is 2. The van der Waals surface area contributed by atoms with Gasteiger partial charge in [0.25, 0.3) is 0 Å². The largest absolute Gasteiger partial charge is 0.465 e. The molecule has 0 aliphatic heterocycles. The molecule has 17 heavy (non-hydrogen) atoms. The Bertz CT molecular complexity index is 546. The van der Waals surface area contributed by atoms with E-state index < -0.39 is 5.97 Å². The Labute approximate surface area is 103 Å². The number of hydrogen-bond donors (Lipinski definition) is 0. The minimum atomic E-state index is -0.413. The van der Waals surface area contributed by atoms with Crippen molar-refractivity contribution in [3.05, 3.63) is 40.8 Å². The van der Waals surface area contributed by atoms with Crippen molar-refractivity contribution in [2.45, 2.75) is 6.92 Å². The summed E-state index contributed by atoms with van der Waals surface area (Å²) >= 11 is 5.91. The molecule has 2 aromatic rings. The molecule has 0 aromatic carbocycles. The smallest absolute Gasteiger partial charge is 0.338 e. The third-order valence-electron chi connectivity index (χ3n) is 2.24. The van der Waals surface area contributed by atoms with Crippen molar-refractivity contribution in [1.82, 2.24) is 14.8 Å². The van der Waals surface area contributed by atoms with Gasteiger partial charge in [0, 0.05) is 6.20 Å². The number of carbonyl (C=O) groups is 1. The van der Waals surface area contributed by atoms with Gasteiger partial charge in [-0.3, -0.25) is 0 Å². The number of aryl methyl sites for hydroxylation is 1. The lowest BCUT2D eigenvalue weighted by Gasteiger charge is -2.02. The highest BCUT2D eigenvalue weighted by Crippen LogP contribution is 2.15. The highest BCUT2D eigenvalue weighted by atomic mass is 35.5. The molecule has 0 fully saturated rings. The van der Waals surface area contributed by atoms with Gasteiger partial charge in [0.05, 0.1) is 29.6 Å². The molecule has 0 bridgehead atoms. The molecule has 0 unspecified atom stereocenters. The normalized spacial score (nSPS) is 10.3. The van der Waals surface area contributed by atoms with Gasteiger partial charge in [-0.05, 0) is 19.1 Å². The van der Waals surface area contributed by atoms with Crippen LogP contribution in [0.1, 0.15) is 16.1 Å². The highest BCUT2D eigenvalue weighted by Gasteiger charge is 2.09. The molecule has 0 amide bonds. The molecule has 0 aliphatic carbocycles. The monoisotopic (exact) mass is 251 g/mol. The fourth-order valence-electron chi connectivity index (χ4n) is 1.34. The number of carbonyl (C=O) groups excluding carboxylic acids is 1. The number of nitrogens with zero attached hydrogens (tertiary/aromatic N) is 3. The fraction of sp³-hybridized carbons (Fsp3) is 0.182. The molecule has 0 saturated carbocycles. The van der Waals surface area contributed by atoms with Crippen LogP contribution in [0.4, 0.5) is 0 Å². The number of halogens is 1. The van der Waals surface area contributed by atoms with Crippen LogP contribution in [-0.4, -0.2) is 27.8 Å². The summed E-state index contributed by atoms with van der Waals surface area (Å²) in [6, 6.07) is 3.17. The van der Waals surface area contributed by atoms with Gasteiger partial charge in [0.2, 0.25) is 0 Å². The lowest BCUT2D eigenvalue weighted by atomic mass is 10.2. The van der Waals surface area contributed by atoms with Crippen molar-refractivity contribution >= 4 is 17.6 Å². The van der Waals surface area contributed by atoms with Crippen molar-refractivity contribution in [2.75, 3.05) is 7.11 Å². The second-order valence-electron chi connectivity index (χ2n) is 3.40. The first-order valence-electron chi connectivity index (χ1n) is 4.88. The topological polar surface area (TPSA) is 57.0 Å². The molecule has 0 saturated heterocycles. The quantitative estimate of drug-likeness (QED) is 0.766. The van der Waals surface area contributed by atoms with E-state index in [2.05, 4.69) is 14.8 Å². The molecule has 88 valence electrons. The molecule has 0 aliphatic rings. The van der Waals surface area contributed by atoms with Gasteiger partial charge in [0.1, 0.15) is 0 Å².